The van der Waals surface area contributed by atoms with Crippen molar-refractivity contribution in [1.82, 2.24) is 4.09 Å². The number of hydroxylamine groups is 1. The van der Waals surface area contributed by atoms with E-state index in [9.17, 15) is 4.79 Å². The zero-order chi connectivity index (χ0) is 16.4. The van der Waals surface area contributed by atoms with E-state index in [4.69, 9.17) is 14.3 Å². The molecule has 1 aliphatic heterocycles. The second-order valence-corrected chi connectivity index (χ2v) is 7.01. The zero-order valence-corrected chi connectivity index (χ0v) is 15.8. The quantitative estimate of drug-likeness (QED) is 0.362. The molecule has 0 amide bonds. The lowest BCUT2D eigenvalue weighted by atomic mass is 10.0. The van der Waals surface area contributed by atoms with E-state index in [-0.39, 0.29) is 5.78 Å². The van der Waals surface area contributed by atoms with Crippen LogP contribution in [-0.2, 0) is 9.57 Å². The lowest BCUT2D eigenvalue weighted by Crippen LogP contribution is -2.30. The van der Waals surface area contributed by atoms with Gasteiger partial charge in [0.05, 0.1) is 32.8 Å². The van der Waals surface area contributed by atoms with Crippen LogP contribution >= 0.6 is 32.1 Å². The highest BCUT2D eigenvalue weighted by atomic mass is 79.9. The van der Waals surface area contributed by atoms with Gasteiger partial charge in [0.2, 0.25) is 0 Å². The first kappa shape index (κ1) is 17.0. The Morgan fingerprint density at radius 1 is 1.35 bits per heavy atom. The molecule has 2 aliphatic rings. The van der Waals surface area contributed by atoms with Gasteiger partial charge in [0.25, 0.3) is 0 Å². The Kier molecular flexibility index (Phi) is 5.41. The first-order valence-corrected chi connectivity index (χ1v) is 8.91. The van der Waals surface area contributed by atoms with Crippen molar-refractivity contribution in [3.63, 3.8) is 0 Å². The van der Waals surface area contributed by atoms with Crippen LogP contribution < -0.4 is 4.74 Å². The third-order valence-corrected chi connectivity index (χ3v) is 5.14. The van der Waals surface area contributed by atoms with Crippen LogP contribution in [-0.4, -0.2) is 36.2 Å². The molecule has 124 valence electrons. The summed E-state index contributed by atoms with van der Waals surface area (Å²) in [6, 6.07) is 6.68. The van der Waals surface area contributed by atoms with Gasteiger partial charge in [0.1, 0.15) is 18.1 Å². The molecule has 1 atom stereocenters. The van der Waals surface area contributed by atoms with Gasteiger partial charge in [0, 0.05) is 13.0 Å². The predicted molar refractivity (Wildman–Crippen MR) is 92.5 cm³/mol. The standard InChI is InChI=1S/C16H17Br2NO4/c1-21-8-9-22-12-5-3-2-4-11(12)15(20)14-13(17)16(10-6-7-10)23-19(14)18/h2-5,10,14H,6-9H2,1H3. The normalized spacial score (nSPS) is 21.4. The lowest BCUT2D eigenvalue weighted by molar-refractivity contribution is -0.0119. The summed E-state index contributed by atoms with van der Waals surface area (Å²) in [5, 5.41) is 0. The van der Waals surface area contributed by atoms with E-state index in [1.54, 1.807) is 19.2 Å². The van der Waals surface area contributed by atoms with Crippen molar-refractivity contribution in [2.45, 2.75) is 18.9 Å². The van der Waals surface area contributed by atoms with Gasteiger partial charge in [-0.25, -0.2) is 0 Å². The first-order valence-electron chi connectivity index (χ1n) is 7.41. The third kappa shape index (κ3) is 3.63. The number of allylic oxidation sites excluding steroid dienone is 1. The van der Waals surface area contributed by atoms with Gasteiger partial charge >= 0.3 is 0 Å². The Hall–Kier alpha value is -0.890. The summed E-state index contributed by atoms with van der Waals surface area (Å²) in [4.78, 5) is 18.7. The minimum atomic E-state index is -0.544. The number of para-hydroxylation sites is 1. The van der Waals surface area contributed by atoms with Gasteiger partial charge < -0.3 is 14.3 Å². The Labute approximate surface area is 152 Å². The van der Waals surface area contributed by atoms with E-state index in [2.05, 4.69) is 32.1 Å². The molecule has 1 saturated carbocycles. The average Bonchev–Trinajstić information content (AvgIpc) is 3.34. The van der Waals surface area contributed by atoms with Crippen molar-refractivity contribution in [3.05, 3.63) is 40.1 Å². The van der Waals surface area contributed by atoms with Crippen LogP contribution in [0.15, 0.2) is 34.5 Å². The van der Waals surface area contributed by atoms with E-state index in [1.807, 2.05) is 12.1 Å². The first-order chi connectivity index (χ1) is 11.1. The van der Waals surface area contributed by atoms with Crippen LogP contribution in [0.4, 0.5) is 0 Å². The van der Waals surface area contributed by atoms with Crippen LogP contribution in [0.5, 0.6) is 5.75 Å². The SMILES string of the molecule is COCCOc1ccccc1C(=O)C1C(Br)=C(C2CC2)ON1Br. The highest BCUT2D eigenvalue weighted by molar-refractivity contribution is 9.12. The van der Waals surface area contributed by atoms with Gasteiger partial charge in [0.15, 0.2) is 11.8 Å². The van der Waals surface area contributed by atoms with Gasteiger partial charge in [-0.15, -0.1) is 0 Å². The Bertz CT molecular complexity index is 630. The van der Waals surface area contributed by atoms with Crippen LogP contribution in [0, 0.1) is 5.92 Å². The van der Waals surface area contributed by atoms with Crippen molar-refractivity contribution in [2.24, 2.45) is 5.92 Å². The maximum atomic E-state index is 13.0. The Morgan fingerprint density at radius 2 is 2.09 bits per heavy atom. The number of halogens is 2. The number of hydrogen-bond acceptors (Lipinski definition) is 5. The maximum Gasteiger partial charge on any atom is 0.193 e. The van der Waals surface area contributed by atoms with Crippen molar-refractivity contribution in [2.75, 3.05) is 20.3 Å². The van der Waals surface area contributed by atoms with Crippen LogP contribution in [0.25, 0.3) is 0 Å². The average molecular weight is 447 g/mol. The Morgan fingerprint density at radius 3 is 2.78 bits per heavy atom. The zero-order valence-electron chi connectivity index (χ0n) is 12.6. The van der Waals surface area contributed by atoms with Crippen LogP contribution in [0.2, 0.25) is 0 Å². The summed E-state index contributed by atoms with van der Waals surface area (Å²) >= 11 is 6.87. The molecule has 0 radical (unpaired) electrons. The number of hydrogen-bond donors (Lipinski definition) is 0. The van der Waals surface area contributed by atoms with E-state index in [1.165, 1.54) is 4.09 Å². The molecule has 7 heteroatoms. The Balaban J connectivity index is 1.82. The van der Waals surface area contributed by atoms with Gasteiger partial charge in [-0.3, -0.25) is 4.79 Å². The second kappa shape index (κ2) is 7.34. The molecule has 0 bridgehead atoms. The molecule has 0 spiro atoms. The van der Waals surface area contributed by atoms with E-state index >= 15 is 0 Å². The molecule has 1 fully saturated rings. The van der Waals surface area contributed by atoms with Gasteiger partial charge in [-0.2, -0.15) is 0 Å². The number of carbonyl (C=O) groups is 1. The summed E-state index contributed by atoms with van der Waals surface area (Å²) in [7, 11) is 1.61. The van der Waals surface area contributed by atoms with Crippen molar-refractivity contribution in [3.8, 4) is 5.75 Å². The number of carbonyl (C=O) groups excluding carboxylic acids is 1. The minimum Gasteiger partial charge on any atom is -0.490 e. The lowest BCUT2D eigenvalue weighted by Gasteiger charge is -2.17. The van der Waals surface area contributed by atoms with E-state index in [0.29, 0.717) is 30.4 Å². The highest BCUT2D eigenvalue weighted by Crippen LogP contribution is 2.47. The molecular weight excluding hydrogens is 430 g/mol. The summed E-state index contributed by atoms with van der Waals surface area (Å²) in [5.74, 6) is 1.72. The second-order valence-electron chi connectivity index (χ2n) is 5.45. The van der Waals surface area contributed by atoms with Gasteiger partial charge in [-0.05, 0) is 40.9 Å². The molecule has 0 N–H and O–H groups in total. The predicted octanol–water partition coefficient (Wildman–Crippen LogP) is 3.84. The fourth-order valence-electron chi connectivity index (χ4n) is 2.41. The largest absolute Gasteiger partial charge is 0.490 e. The summed E-state index contributed by atoms with van der Waals surface area (Å²) in [6.07, 6.45) is 2.20. The fraction of sp³-hybridized carbons (Fsp3) is 0.438. The number of benzene rings is 1. The number of nitrogens with zero attached hydrogens (tertiary/aromatic N) is 1. The molecular formula is C16H17Br2NO4. The molecule has 1 aromatic carbocycles. The highest BCUT2D eigenvalue weighted by Gasteiger charge is 2.44. The smallest absolute Gasteiger partial charge is 0.193 e. The maximum absolute atomic E-state index is 13.0. The van der Waals surface area contributed by atoms with Crippen molar-refractivity contribution < 1.29 is 19.1 Å². The number of methoxy groups -OCH3 is 1. The topological polar surface area (TPSA) is 48.0 Å². The van der Waals surface area contributed by atoms with Gasteiger partial charge in [-0.1, -0.05) is 16.2 Å². The van der Waals surface area contributed by atoms with Crippen LogP contribution in [0.3, 0.4) is 0 Å². The molecule has 1 unspecified atom stereocenters. The molecule has 0 aromatic heterocycles. The number of ketones is 1. The molecule has 1 aromatic rings. The molecule has 1 aliphatic carbocycles. The van der Waals surface area contributed by atoms with E-state index < -0.39 is 6.04 Å². The molecule has 0 saturated heterocycles. The van der Waals surface area contributed by atoms with E-state index in [0.717, 1.165) is 23.1 Å². The summed E-state index contributed by atoms with van der Waals surface area (Å²) in [5.41, 5.74) is 0.524. The number of Topliss-reactive ketones (excluding diaryl/α,β-unsaturated/α-hetero) is 1. The number of ether oxygens (including phenoxy) is 2. The molecule has 1 heterocycles. The molecule has 23 heavy (non-hydrogen) atoms. The van der Waals surface area contributed by atoms with Crippen molar-refractivity contribution >= 4 is 37.9 Å². The van der Waals surface area contributed by atoms with Crippen LogP contribution in [0.1, 0.15) is 23.2 Å². The molecule has 5 nitrogen and oxygen atoms in total. The fourth-order valence-corrected chi connectivity index (χ4v) is 4.03. The summed E-state index contributed by atoms with van der Waals surface area (Å²) < 4.78 is 12.9. The number of rotatable bonds is 7. The monoisotopic (exact) mass is 445 g/mol. The minimum absolute atomic E-state index is 0.0857. The third-order valence-electron chi connectivity index (χ3n) is 3.76. The van der Waals surface area contributed by atoms with Crippen molar-refractivity contribution in [1.29, 1.82) is 0 Å². The summed E-state index contributed by atoms with van der Waals surface area (Å²) in [6.45, 7) is 0.860. The molecule has 3 rings (SSSR count).